The van der Waals surface area contributed by atoms with Crippen molar-refractivity contribution in [1.29, 1.82) is 0 Å². The molecule has 44 heavy (non-hydrogen) atoms. The maximum atomic E-state index is 4.85. The fourth-order valence-corrected chi connectivity index (χ4v) is 6.49. The number of benzene rings is 2. The van der Waals surface area contributed by atoms with Crippen molar-refractivity contribution in [3.8, 4) is 22.5 Å². The van der Waals surface area contributed by atoms with E-state index < -0.39 is 0 Å². The molecule has 0 radical (unpaired) electrons. The van der Waals surface area contributed by atoms with Crippen LogP contribution in [-0.2, 0) is 0 Å². The minimum atomic E-state index is 0.568. The Morgan fingerprint density at radius 3 is 1.34 bits per heavy atom. The number of aryl methyl sites for hydroxylation is 4. The van der Waals surface area contributed by atoms with E-state index in [2.05, 4.69) is 119 Å². The van der Waals surface area contributed by atoms with Gasteiger partial charge in [-0.25, -0.2) is 0 Å². The van der Waals surface area contributed by atoms with Crippen molar-refractivity contribution in [2.45, 2.75) is 73.3 Å². The number of hydrogen-bond donors (Lipinski definition) is 0. The molecule has 1 fully saturated rings. The lowest BCUT2D eigenvalue weighted by atomic mass is 9.99. The van der Waals surface area contributed by atoms with Gasteiger partial charge in [-0.15, -0.1) is 0 Å². The van der Waals surface area contributed by atoms with Gasteiger partial charge >= 0.3 is 0 Å². The second-order valence-corrected chi connectivity index (χ2v) is 13.1. The lowest BCUT2D eigenvalue weighted by Crippen LogP contribution is -2.38. The van der Waals surface area contributed by atoms with Gasteiger partial charge in [0.15, 0.2) is 0 Å². The molecule has 5 rings (SSSR count). The van der Waals surface area contributed by atoms with Gasteiger partial charge in [0.1, 0.15) is 0 Å². The highest BCUT2D eigenvalue weighted by molar-refractivity contribution is 5.65. The van der Waals surface area contributed by atoms with Crippen molar-refractivity contribution in [2.24, 2.45) is 0 Å². The first-order valence-corrected chi connectivity index (χ1v) is 16.4. The van der Waals surface area contributed by atoms with E-state index >= 15 is 0 Å². The third-order valence-electron chi connectivity index (χ3n) is 10.1. The van der Waals surface area contributed by atoms with Crippen LogP contribution in [0.2, 0.25) is 0 Å². The summed E-state index contributed by atoms with van der Waals surface area (Å²) < 4.78 is 0. The molecule has 5 nitrogen and oxygen atoms in total. The second-order valence-electron chi connectivity index (χ2n) is 13.1. The number of rotatable bonds is 11. The summed E-state index contributed by atoms with van der Waals surface area (Å²) >= 11 is 0. The highest BCUT2D eigenvalue weighted by Crippen LogP contribution is 2.27. The van der Waals surface area contributed by atoms with Crippen LogP contribution in [0.25, 0.3) is 22.5 Å². The van der Waals surface area contributed by atoms with Gasteiger partial charge < -0.3 is 14.7 Å². The molecule has 2 aromatic carbocycles. The van der Waals surface area contributed by atoms with Gasteiger partial charge in [0.25, 0.3) is 0 Å². The lowest BCUT2D eigenvalue weighted by molar-refractivity contribution is 0.222. The highest BCUT2D eigenvalue weighted by atomic mass is 15.2. The molecular formula is C39H51N5. The summed E-state index contributed by atoms with van der Waals surface area (Å²) in [4.78, 5) is 17.2. The molecule has 0 aliphatic carbocycles. The van der Waals surface area contributed by atoms with Gasteiger partial charge in [-0.3, -0.25) is 9.97 Å². The van der Waals surface area contributed by atoms with E-state index in [9.17, 15) is 0 Å². The zero-order chi connectivity index (χ0) is 31.4. The van der Waals surface area contributed by atoms with E-state index in [4.69, 9.17) is 9.97 Å². The highest BCUT2D eigenvalue weighted by Gasteiger charge is 2.23. The summed E-state index contributed by atoms with van der Waals surface area (Å²) in [5.41, 5.74) is 14.8. The molecule has 232 valence electrons. The van der Waals surface area contributed by atoms with Crippen LogP contribution in [0.1, 0.15) is 59.1 Å². The van der Waals surface area contributed by atoms with E-state index in [1.54, 1.807) is 0 Å². The summed E-state index contributed by atoms with van der Waals surface area (Å²) in [6, 6.07) is 18.4. The van der Waals surface area contributed by atoms with Crippen molar-refractivity contribution in [3.05, 3.63) is 94.3 Å². The molecule has 1 saturated heterocycles. The molecule has 0 bridgehead atoms. The number of likely N-dealkylation sites (tertiary alicyclic amines) is 1. The number of nitrogens with zero attached hydrogens (tertiary/aromatic N) is 5. The number of hydrogen-bond acceptors (Lipinski definition) is 5. The zero-order valence-corrected chi connectivity index (χ0v) is 28.2. The minimum absolute atomic E-state index is 0.568. The van der Waals surface area contributed by atoms with Crippen LogP contribution in [0, 0.1) is 41.5 Å². The average molecular weight is 590 g/mol. The van der Waals surface area contributed by atoms with Gasteiger partial charge in [-0.05, 0) is 162 Å². The fraction of sp³-hybridized carbons (Fsp3) is 0.436. The Balaban J connectivity index is 1.19. The maximum Gasteiger partial charge on any atom is 0.0703 e. The van der Waals surface area contributed by atoms with Crippen LogP contribution < -0.4 is 9.80 Å². The van der Waals surface area contributed by atoms with E-state index in [-0.39, 0.29) is 0 Å². The molecule has 0 saturated carbocycles. The predicted octanol–water partition coefficient (Wildman–Crippen LogP) is 8.48. The predicted molar refractivity (Wildman–Crippen MR) is 188 cm³/mol. The number of aromatic nitrogens is 2. The summed E-state index contributed by atoms with van der Waals surface area (Å²) in [5, 5.41) is 0. The van der Waals surface area contributed by atoms with Crippen molar-refractivity contribution in [2.75, 3.05) is 50.1 Å². The smallest absolute Gasteiger partial charge is 0.0703 e. The third-order valence-corrected chi connectivity index (χ3v) is 10.1. The zero-order valence-electron chi connectivity index (χ0n) is 28.2. The van der Waals surface area contributed by atoms with Crippen molar-refractivity contribution in [3.63, 3.8) is 0 Å². The van der Waals surface area contributed by atoms with E-state index in [1.165, 1.54) is 81.8 Å². The molecule has 4 aromatic rings. The van der Waals surface area contributed by atoms with Gasteiger partial charge in [0.2, 0.25) is 0 Å². The number of anilines is 2. The van der Waals surface area contributed by atoms with Crippen LogP contribution in [0.15, 0.2) is 60.9 Å². The Morgan fingerprint density at radius 1 is 0.614 bits per heavy atom. The second kappa shape index (κ2) is 13.9. The summed E-state index contributed by atoms with van der Waals surface area (Å²) in [6.07, 6.45) is 8.99. The van der Waals surface area contributed by atoms with Crippen LogP contribution in [0.3, 0.4) is 0 Å². The lowest BCUT2D eigenvalue weighted by Gasteiger charge is -2.31. The Kier molecular flexibility index (Phi) is 10.1. The Bertz CT molecular complexity index is 1390. The van der Waals surface area contributed by atoms with Crippen molar-refractivity contribution >= 4 is 11.4 Å². The fourth-order valence-electron chi connectivity index (χ4n) is 6.49. The maximum absolute atomic E-state index is 4.85. The summed E-state index contributed by atoms with van der Waals surface area (Å²) in [7, 11) is 4.41. The van der Waals surface area contributed by atoms with Crippen LogP contribution in [0.5, 0.6) is 0 Å². The largest absolute Gasteiger partial charge is 0.373 e. The first-order valence-electron chi connectivity index (χ1n) is 16.4. The van der Waals surface area contributed by atoms with Crippen LogP contribution in [0.4, 0.5) is 11.4 Å². The molecule has 1 aliphatic heterocycles. The van der Waals surface area contributed by atoms with Gasteiger partial charge in [0.05, 0.1) is 35.2 Å². The minimum Gasteiger partial charge on any atom is -0.373 e. The van der Waals surface area contributed by atoms with E-state index in [0.717, 1.165) is 37.3 Å². The molecular weight excluding hydrogens is 538 g/mol. The topological polar surface area (TPSA) is 35.5 Å². The SMILES string of the molecule is Cc1cc(-c2ccc(N(C)CCC(CCN(C)c3ccc(-c4cc(C)c(C)c(C)c4)nc3)N3CCCC3)cn2)cc(C)c1C. The normalized spacial score (nSPS) is 13.6. The summed E-state index contributed by atoms with van der Waals surface area (Å²) in [5.74, 6) is 0. The van der Waals surface area contributed by atoms with Gasteiger partial charge in [0, 0.05) is 44.4 Å². The molecule has 0 amide bonds. The third kappa shape index (κ3) is 7.32. The monoisotopic (exact) mass is 589 g/mol. The molecule has 0 atom stereocenters. The average Bonchev–Trinajstić information content (AvgIpc) is 3.57. The van der Waals surface area contributed by atoms with Crippen LogP contribution in [-0.4, -0.2) is 61.2 Å². The van der Waals surface area contributed by atoms with Crippen LogP contribution >= 0.6 is 0 Å². The first kappa shape index (κ1) is 31.7. The molecule has 0 unspecified atom stereocenters. The standard InChI is InChI=1S/C39H51N5/c1-27-21-33(22-28(2)31(27)5)38-13-11-36(25-40-38)42(7)19-15-35(44-17-9-10-18-44)16-20-43(8)37-12-14-39(41-26-37)34-23-29(3)32(6)30(4)24-34/h11-14,21-26,35H,9-10,15-20H2,1-8H3. The molecule has 2 aromatic heterocycles. The Morgan fingerprint density at radius 2 is 1.00 bits per heavy atom. The Hall–Kier alpha value is -3.70. The molecule has 0 N–H and O–H groups in total. The molecule has 1 aliphatic rings. The molecule has 3 heterocycles. The number of pyridine rings is 2. The van der Waals surface area contributed by atoms with Gasteiger partial charge in [-0.1, -0.05) is 0 Å². The van der Waals surface area contributed by atoms with Crippen molar-refractivity contribution in [1.82, 2.24) is 14.9 Å². The van der Waals surface area contributed by atoms with Crippen molar-refractivity contribution < 1.29 is 0 Å². The summed E-state index contributed by atoms with van der Waals surface area (Å²) in [6.45, 7) is 17.6. The Labute approximate surface area is 266 Å². The molecule has 0 spiro atoms. The molecule has 5 heteroatoms. The van der Waals surface area contributed by atoms with E-state index in [1.807, 2.05) is 12.4 Å². The van der Waals surface area contributed by atoms with E-state index in [0.29, 0.717) is 6.04 Å². The first-order chi connectivity index (χ1) is 21.1. The quantitative estimate of drug-likeness (QED) is 0.175. The van der Waals surface area contributed by atoms with Gasteiger partial charge in [-0.2, -0.15) is 0 Å².